The van der Waals surface area contributed by atoms with Crippen molar-refractivity contribution < 1.29 is 4.79 Å². The van der Waals surface area contributed by atoms with Crippen LogP contribution in [0, 0.1) is 45.3 Å². The highest BCUT2D eigenvalue weighted by atomic mass is 79.9. The zero-order valence-corrected chi connectivity index (χ0v) is 60.3. The number of Topliss-reactive ketones (excluding diaryl/α,β-unsaturated/α-hetero) is 1. The molecule has 9 aromatic rings. The number of nitrogens with one attached hydrogen (secondary N) is 5. The number of H-pyrrole nitrogens is 4. The molecule has 4 aromatic heterocycles. The summed E-state index contributed by atoms with van der Waals surface area (Å²) in [5.74, 6) is 7.90. The smallest absolute Gasteiger partial charge is 0.179 e. The molecule has 5 aromatic carbocycles. The summed E-state index contributed by atoms with van der Waals surface area (Å²) < 4.78 is 5.56. The molecule has 6 atom stereocenters. The van der Waals surface area contributed by atoms with E-state index in [2.05, 4.69) is 249 Å². The third kappa shape index (κ3) is 15.7. The van der Waals surface area contributed by atoms with Gasteiger partial charge in [-0.3, -0.25) is 10.6 Å². The van der Waals surface area contributed by atoms with Gasteiger partial charge in [0.2, 0.25) is 0 Å². The van der Waals surface area contributed by atoms with E-state index in [9.17, 15) is 4.79 Å². The molecule has 0 spiro atoms. The van der Waals surface area contributed by atoms with Gasteiger partial charge in [0.15, 0.2) is 5.78 Å². The highest BCUT2D eigenvalue weighted by Gasteiger charge is 2.38. The summed E-state index contributed by atoms with van der Waals surface area (Å²) >= 11 is 17.5. The van der Waals surface area contributed by atoms with Gasteiger partial charge in [-0.05, 0) is 216 Å². The van der Waals surface area contributed by atoms with Crippen LogP contribution in [0.1, 0.15) is 171 Å². The molecule has 0 aliphatic heterocycles. The van der Waals surface area contributed by atoms with Crippen LogP contribution in [-0.2, 0) is 32.1 Å². The zero-order valence-electron chi connectivity index (χ0n) is 51.5. The first kappa shape index (κ1) is 67.2. The maximum Gasteiger partial charge on any atom is 0.179 e. The van der Waals surface area contributed by atoms with Gasteiger partial charge in [-0.1, -0.05) is 163 Å². The van der Waals surface area contributed by atoms with Gasteiger partial charge in [0, 0.05) is 107 Å². The molecule has 11 N–H and O–H groups in total. The molecule has 0 amide bonds. The largest absolute Gasteiger partial charge is 0.358 e. The average Bonchev–Trinajstić information content (AvgIpc) is 2.01. The Morgan fingerprint density at radius 3 is 1.20 bits per heavy atom. The number of carbonyl (C=O) groups is 1. The molecular formula is C70H88Br5ClN8O. The van der Waals surface area contributed by atoms with Crippen LogP contribution in [0.5, 0.6) is 0 Å². The molecule has 6 unspecified atom stereocenters. The minimum Gasteiger partial charge on any atom is -0.358 e. The number of benzene rings is 5. The summed E-state index contributed by atoms with van der Waals surface area (Å²) in [6.07, 6.45) is 9.77. The Morgan fingerprint density at radius 2 is 0.788 bits per heavy atom. The molecule has 0 saturated carbocycles. The fourth-order valence-electron chi connectivity index (χ4n) is 13.0. The van der Waals surface area contributed by atoms with Crippen molar-refractivity contribution in [3.8, 4) is 0 Å². The molecule has 85 heavy (non-hydrogen) atoms. The topological polar surface area (TPSA) is 170 Å². The van der Waals surface area contributed by atoms with Gasteiger partial charge >= 0.3 is 0 Å². The Labute approximate surface area is 552 Å². The third-order valence-electron chi connectivity index (χ3n) is 18.6. The lowest BCUT2D eigenvalue weighted by molar-refractivity contribution is 0.0890. The van der Waals surface area contributed by atoms with Crippen LogP contribution < -0.4 is 22.7 Å². The van der Waals surface area contributed by atoms with Gasteiger partial charge in [-0.2, -0.15) is 0 Å². The van der Waals surface area contributed by atoms with Crippen LogP contribution in [0.3, 0.4) is 0 Å². The Hall–Kier alpha value is -3.70. The minimum absolute atomic E-state index is 0. The highest BCUT2D eigenvalue weighted by Crippen LogP contribution is 2.46. The first-order valence-electron chi connectivity index (χ1n) is 29.8. The number of aromatic nitrogens is 4. The van der Waals surface area contributed by atoms with Gasteiger partial charge in [0.1, 0.15) is 0 Å². The fourth-order valence-corrected chi connectivity index (χ4v) is 14.7. The lowest BCUT2D eigenvalue weighted by atomic mass is 9.70. The van der Waals surface area contributed by atoms with Crippen LogP contribution in [0.25, 0.3) is 43.6 Å². The maximum atomic E-state index is 12.4. The molecule has 4 aliphatic rings. The Balaban J connectivity index is 0.000000140. The quantitative estimate of drug-likeness (QED) is 0.0603. The Bertz CT molecular complexity index is 3700. The van der Waals surface area contributed by atoms with Crippen molar-refractivity contribution in [2.24, 2.45) is 62.6 Å². The van der Waals surface area contributed by atoms with Crippen LogP contribution in [-0.4, -0.2) is 25.7 Å². The number of halogens is 6. The predicted octanol–water partition coefficient (Wildman–Crippen LogP) is 21.0. The van der Waals surface area contributed by atoms with Crippen molar-refractivity contribution in [2.45, 2.75) is 153 Å². The van der Waals surface area contributed by atoms with Crippen molar-refractivity contribution in [2.75, 3.05) is 5.43 Å². The van der Waals surface area contributed by atoms with Gasteiger partial charge < -0.3 is 36.8 Å². The monoisotopic (exact) mass is 1490 g/mol. The van der Waals surface area contributed by atoms with Crippen molar-refractivity contribution in [1.29, 1.82) is 0 Å². The summed E-state index contributed by atoms with van der Waals surface area (Å²) in [5.41, 5.74) is 32.6. The standard InChI is InChI=1S/2C16H21BrN2.C16H18BrNO.C16H20BrN.C6H7BrN2.ClH/c2*1-16(2,3)9-6-12-11-8-10(17)4-5-14(11)19-15(12)13(18)7-9;1-16(2,3)9-6-12-11-8-10(17)4-5-13(11)18-15(12)14(19)7-9;1-16(2,3)10-4-6-14-12(8-10)13-9-11(17)5-7-15(13)18-14;7-5-1-3-6(9-8)4-2-5;/h2*4-5,8-9,13,19H,6-7,18H2,1-3H3;4-5,8-9,18H,6-7H2,1-3H3;5,7,9-10,18H,4,6,8H2,1-3H3;1-4,9H,8H2;1H. The molecular weight excluding hydrogens is 1400 g/mol. The van der Waals surface area contributed by atoms with Gasteiger partial charge in [0.05, 0.1) is 5.69 Å². The van der Waals surface area contributed by atoms with E-state index in [0.29, 0.717) is 40.4 Å². The molecule has 0 bridgehead atoms. The first-order valence-corrected chi connectivity index (χ1v) is 33.8. The second-order valence-electron chi connectivity index (χ2n) is 28.4. The summed E-state index contributed by atoms with van der Waals surface area (Å²) in [6, 6.07) is 33.5. The second kappa shape index (κ2) is 26.8. The van der Waals surface area contributed by atoms with E-state index >= 15 is 0 Å². The van der Waals surface area contributed by atoms with Crippen LogP contribution in [0.15, 0.2) is 119 Å². The van der Waals surface area contributed by atoms with Crippen LogP contribution in [0.4, 0.5) is 5.69 Å². The summed E-state index contributed by atoms with van der Waals surface area (Å²) in [4.78, 5) is 26.3. The molecule has 0 radical (unpaired) electrons. The van der Waals surface area contributed by atoms with Crippen molar-refractivity contribution in [1.82, 2.24) is 19.9 Å². The fraction of sp³-hybridized carbons (Fsp3) is 0.443. The highest BCUT2D eigenvalue weighted by molar-refractivity contribution is 9.11. The number of anilines is 1. The third-order valence-corrected chi connectivity index (χ3v) is 21.1. The summed E-state index contributed by atoms with van der Waals surface area (Å²) in [5, 5.41) is 5.25. The number of hydrogen-bond donors (Lipinski definition) is 8. The normalized spacial score (nSPS) is 20.2. The number of carbonyl (C=O) groups excluding carboxylic acids is 1. The number of fused-ring (bicyclic) bond motifs is 12. The van der Waals surface area contributed by atoms with Crippen molar-refractivity contribution >= 4 is 147 Å². The van der Waals surface area contributed by atoms with E-state index in [-0.39, 0.29) is 35.7 Å². The SMILES string of the molecule is CC(C)(C)C1CC(=O)c2[nH]c3ccc(Br)cc3c2C1.CC(C)(C)C1CCc2[nH]c3ccc(Br)cc3c2C1.CC(C)(C)C1Cc2c([nH]c3ccc(Br)cc23)C(N)C1.CC(C)(C)C1Cc2c([nH]c3ccc(Br)cc23)C(N)C1.Cl.NNc1ccc(Br)cc1. The number of rotatable bonds is 1. The number of aromatic amines is 4. The predicted molar refractivity (Wildman–Crippen MR) is 380 cm³/mol. The van der Waals surface area contributed by atoms with Gasteiger partial charge in [-0.15, -0.1) is 12.4 Å². The number of hydrogen-bond acceptors (Lipinski definition) is 5. The maximum absolute atomic E-state index is 12.4. The molecule has 4 heterocycles. The van der Waals surface area contributed by atoms with Gasteiger partial charge in [0.25, 0.3) is 0 Å². The molecule has 0 saturated heterocycles. The van der Waals surface area contributed by atoms with E-state index in [1.54, 1.807) is 5.56 Å². The van der Waals surface area contributed by atoms with Gasteiger partial charge in [-0.25, -0.2) is 0 Å². The molecule has 0 fully saturated rings. The van der Waals surface area contributed by atoms with E-state index in [0.717, 1.165) is 72.8 Å². The Kier molecular flexibility index (Phi) is 21.2. The molecule has 9 nitrogen and oxygen atoms in total. The number of ketones is 1. The first-order chi connectivity index (χ1) is 39.4. The van der Waals surface area contributed by atoms with Crippen molar-refractivity contribution in [3.63, 3.8) is 0 Å². The zero-order chi connectivity index (χ0) is 61.0. The van der Waals surface area contributed by atoms with E-state index in [1.165, 1.54) is 95.6 Å². The number of aryl methyl sites for hydroxylation is 1. The average molecular weight is 1490 g/mol. The number of nitrogens with two attached hydrogens (primary N) is 3. The second-order valence-corrected chi connectivity index (χ2v) is 33.0. The lowest BCUT2D eigenvalue weighted by Gasteiger charge is -2.36. The minimum atomic E-state index is 0. The lowest BCUT2D eigenvalue weighted by Crippen LogP contribution is -2.31. The summed E-state index contributed by atoms with van der Waals surface area (Å²) in [6.45, 7) is 27.7. The van der Waals surface area contributed by atoms with E-state index in [1.807, 2.05) is 36.4 Å². The molecule has 13 rings (SSSR count). The van der Waals surface area contributed by atoms with E-state index < -0.39 is 0 Å². The number of nitrogen functional groups attached to an aromatic ring is 1. The van der Waals surface area contributed by atoms with Crippen LogP contribution >= 0.6 is 92.1 Å². The molecule has 4 aliphatic carbocycles. The Morgan fingerprint density at radius 1 is 0.435 bits per heavy atom. The van der Waals surface area contributed by atoms with Crippen LogP contribution in [0.2, 0.25) is 0 Å². The number of hydrazine groups is 1. The summed E-state index contributed by atoms with van der Waals surface area (Å²) in [7, 11) is 0. The van der Waals surface area contributed by atoms with E-state index in [4.69, 9.17) is 17.3 Å². The van der Waals surface area contributed by atoms with Crippen molar-refractivity contribution in [3.05, 3.63) is 164 Å². The molecule has 15 heteroatoms. The molecule has 456 valence electrons.